The van der Waals surface area contributed by atoms with Gasteiger partial charge < -0.3 is 23.2 Å². The first-order chi connectivity index (χ1) is 46.6. The summed E-state index contributed by atoms with van der Waals surface area (Å²) in [6.45, 7) is 4.64. The number of aromatic nitrogens is 3. The van der Waals surface area contributed by atoms with Crippen molar-refractivity contribution in [2.75, 3.05) is 28.2 Å². The van der Waals surface area contributed by atoms with Crippen LogP contribution in [0.4, 0.5) is 34.1 Å². The first-order valence-corrected chi connectivity index (χ1v) is 32.2. The van der Waals surface area contributed by atoms with Gasteiger partial charge >= 0.3 is 0 Å². The third kappa shape index (κ3) is 12.2. The average Bonchev–Trinajstić information content (AvgIpc) is 1.67. The molecule has 0 aliphatic heterocycles. The molecule has 0 fully saturated rings. The largest absolute Gasteiger partial charge is 0.374 e. The quantitative estimate of drug-likeness (QED) is 0.0471. The molecule has 0 saturated carbocycles. The minimum Gasteiger partial charge on any atom is -0.374 e. The number of para-hydroxylation sites is 9. The van der Waals surface area contributed by atoms with Crippen LogP contribution in [-0.4, -0.2) is 57.8 Å². The van der Waals surface area contributed by atoms with Crippen LogP contribution in [0.1, 0.15) is 23.6 Å². The molecule has 0 spiro atoms. The Morgan fingerprint density at radius 2 is 0.543 bits per heavy atom. The summed E-state index contributed by atoms with van der Waals surface area (Å²) in [5.74, 6) is 0. The van der Waals surface area contributed by atoms with Crippen LogP contribution in [0.5, 0.6) is 0 Å². The van der Waals surface area contributed by atoms with E-state index < -0.39 is 0 Å². The van der Waals surface area contributed by atoms with Crippen molar-refractivity contribution in [1.82, 2.24) is 13.7 Å². The van der Waals surface area contributed by atoms with E-state index in [0.29, 0.717) is 32.8 Å². The maximum absolute atomic E-state index is 7.51. The van der Waals surface area contributed by atoms with Gasteiger partial charge in [0, 0.05) is 72.0 Å². The van der Waals surface area contributed by atoms with Crippen molar-refractivity contribution >= 4 is 118 Å². The summed E-state index contributed by atoms with van der Waals surface area (Å²) < 4.78 is 21.6. The Hall–Kier alpha value is -11.6. The number of hydrogen-bond acceptors (Lipinski definition) is 8. The Balaban J connectivity index is 0.784. The van der Waals surface area contributed by atoms with E-state index in [1.165, 1.54) is 5.39 Å². The lowest BCUT2D eigenvalue weighted by molar-refractivity contribution is -0.0539. The minimum atomic E-state index is -0.328. The third-order valence-electron chi connectivity index (χ3n) is 17.4. The van der Waals surface area contributed by atoms with E-state index in [1.54, 1.807) is 0 Å². The van der Waals surface area contributed by atoms with Gasteiger partial charge in [0.25, 0.3) is 0 Å². The molecular formula is C83H69N9O2. The fourth-order valence-electron chi connectivity index (χ4n) is 13.1. The predicted octanol–water partition coefficient (Wildman–Crippen LogP) is 19.7. The van der Waals surface area contributed by atoms with Gasteiger partial charge in [0.1, 0.15) is 0 Å². The minimum absolute atomic E-state index is 0.296. The van der Waals surface area contributed by atoms with Crippen LogP contribution in [0.2, 0.25) is 0 Å². The number of ether oxygens (including phenoxy) is 2. The fraction of sp³-hybridized carbons (Fsp3) is 0.0964. The highest BCUT2D eigenvalue weighted by Gasteiger charge is 2.24. The average molecular weight is 1220 g/mol. The van der Waals surface area contributed by atoms with E-state index >= 15 is 0 Å². The molecule has 458 valence electrons. The molecule has 94 heavy (non-hydrogen) atoms. The lowest BCUT2D eigenvalue weighted by Crippen LogP contribution is -2.32. The predicted molar refractivity (Wildman–Crippen MR) is 391 cm³/mol. The second kappa shape index (κ2) is 27.1. The van der Waals surface area contributed by atoms with Crippen molar-refractivity contribution in [2.24, 2.45) is 15.3 Å². The van der Waals surface area contributed by atoms with Gasteiger partial charge in [-0.1, -0.05) is 182 Å². The monoisotopic (exact) mass is 1220 g/mol. The van der Waals surface area contributed by atoms with Crippen molar-refractivity contribution in [2.45, 2.75) is 38.8 Å². The van der Waals surface area contributed by atoms with Gasteiger partial charge in [-0.3, -0.25) is 0 Å². The Bertz CT molecular complexity index is 4830. The number of fused-ring (bicyclic) bond motifs is 9. The second-order valence-corrected chi connectivity index (χ2v) is 23.4. The van der Waals surface area contributed by atoms with Crippen LogP contribution in [0.15, 0.2) is 325 Å². The summed E-state index contributed by atoms with van der Waals surface area (Å²) in [5, 5.41) is 28.2. The highest BCUT2D eigenvalue weighted by molar-refractivity contribution is 6.12. The van der Waals surface area contributed by atoms with Crippen molar-refractivity contribution < 1.29 is 9.47 Å². The molecule has 12 aromatic carbocycles. The molecule has 0 N–H and O–H groups in total. The van der Waals surface area contributed by atoms with Crippen LogP contribution in [0.25, 0.3) is 65.4 Å². The SMILES string of the molecule is CCOC(COC(Cn1c2ccccc2c2cc(/C=N/N(c3ccccc3)c3ccccc3)ccc21)Cn1c2ccccc2c2cc(/C=N/N(c3ccccc3)c3ccccc3)ccc21)Cn1c2ccccc2c2cc(/C=N/N(c3ccccc3)c3ccccc3)ccc21. The molecule has 0 aliphatic carbocycles. The Kier molecular flexibility index (Phi) is 16.9. The summed E-state index contributed by atoms with van der Waals surface area (Å²) in [6, 6.07) is 108. The number of hydrazone groups is 3. The normalized spacial score (nSPS) is 12.3. The van der Waals surface area contributed by atoms with E-state index in [1.807, 2.05) is 143 Å². The molecule has 3 heterocycles. The third-order valence-corrected chi connectivity index (χ3v) is 17.4. The van der Waals surface area contributed by atoms with Gasteiger partial charge in [0.05, 0.1) is 91.2 Å². The lowest BCUT2D eigenvalue weighted by Gasteiger charge is -2.25. The molecule has 15 aromatic rings. The van der Waals surface area contributed by atoms with E-state index in [-0.39, 0.29) is 12.2 Å². The molecule has 0 amide bonds. The standard InChI is InChI=1S/C83H69N9O2/c1-2-93-71(59-89-80-44-26-23-41-74(80)77-53-63(47-50-83(77)89)56-86-92(68-35-17-7-18-36-68)69-37-19-8-20-38-69)60-94-70(57-87-78-42-24-21-39-72(78)75-51-61(45-48-81(75)87)54-84-90(64-27-9-3-10-28-64)65-29-11-4-12-30-65)58-88-79-43-25-22-40-73(79)76-52-62(46-49-82(76)88)55-85-91(66-31-13-5-14-32-66)67-33-15-6-16-34-67/h3-56,70-71H,2,57-60H2,1H3/b84-54+,85-55+,86-56+. The summed E-state index contributed by atoms with van der Waals surface area (Å²) in [6.07, 6.45) is 5.26. The number of nitrogens with zero attached hydrogens (tertiary/aromatic N) is 9. The number of rotatable bonds is 23. The first kappa shape index (κ1) is 58.7. The Morgan fingerprint density at radius 1 is 0.287 bits per heavy atom. The molecule has 11 nitrogen and oxygen atoms in total. The van der Waals surface area contributed by atoms with E-state index in [4.69, 9.17) is 24.8 Å². The molecule has 1 unspecified atom stereocenters. The molecule has 3 aromatic heterocycles. The van der Waals surface area contributed by atoms with Crippen molar-refractivity contribution in [1.29, 1.82) is 0 Å². The molecule has 11 heteroatoms. The summed E-state index contributed by atoms with van der Waals surface area (Å²) in [7, 11) is 0. The van der Waals surface area contributed by atoms with Gasteiger partial charge in [0.2, 0.25) is 0 Å². The first-order valence-electron chi connectivity index (χ1n) is 32.2. The van der Waals surface area contributed by atoms with Gasteiger partial charge in [-0.05, 0) is 151 Å². The zero-order chi connectivity index (χ0) is 63.0. The topological polar surface area (TPSA) is 80.0 Å². The van der Waals surface area contributed by atoms with Crippen LogP contribution in [-0.2, 0) is 29.1 Å². The molecule has 1 atom stereocenters. The smallest absolute Gasteiger partial charge is 0.0987 e. The zero-order valence-corrected chi connectivity index (χ0v) is 52.2. The molecule has 0 radical (unpaired) electrons. The van der Waals surface area contributed by atoms with E-state index in [2.05, 4.69) is 221 Å². The van der Waals surface area contributed by atoms with Crippen LogP contribution < -0.4 is 15.0 Å². The summed E-state index contributed by atoms with van der Waals surface area (Å²) in [4.78, 5) is 0. The molecule has 15 rings (SSSR count). The molecule has 0 aliphatic rings. The van der Waals surface area contributed by atoms with Gasteiger partial charge in [-0.25, -0.2) is 15.0 Å². The van der Waals surface area contributed by atoms with Gasteiger partial charge in [-0.15, -0.1) is 0 Å². The number of hydrogen-bond donors (Lipinski definition) is 0. The van der Waals surface area contributed by atoms with Gasteiger partial charge in [-0.2, -0.15) is 15.3 Å². The summed E-state index contributed by atoms with van der Waals surface area (Å²) >= 11 is 0. The van der Waals surface area contributed by atoms with Crippen molar-refractivity contribution in [3.05, 3.63) is 326 Å². The Labute approximate surface area is 546 Å². The fourth-order valence-corrected chi connectivity index (χ4v) is 13.1. The molecule has 0 bridgehead atoms. The van der Waals surface area contributed by atoms with Crippen molar-refractivity contribution in [3.8, 4) is 0 Å². The maximum atomic E-state index is 7.51. The summed E-state index contributed by atoms with van der Waals surface area (Å²) in [5.41, 5.74) is 15.6. The van der Waals surface area contributed by atoms with Crippen LogP contribution >= 0.6 is 0 Å². The van der Waals surface area contributed by atoms with Crippen LogP contribution in [0, 0.1) is 0 Å². The number of anilines is 6. The van der Waals surface area contributed by atoms with Gasteiger partial charge in [0.15, 0.2) is 0 Å². The van der Waals surface area contributed by atoms with Crippen molar-refractivity contribution in [3.63, 3.8) is 0 Å². The Morgan fingerprint density at radius 3 is 0.830 bits per heavy atom. The maximum Gasteiger partial charge on any atom is 0.0987 e. The highest BCUT2D eigenvalue weighted by atomic mass is 16.5. The van der Waals surface area contributed by atoms with Crippen LogP contribution in [0.3, 0.4) is 0 Å². The number of benzene rings is 12. The molecular weight excluding hydrogens is 1150 g/mol. The van der Waals surface area contributed by atoms with E-state index in [0.717, 1.165) is 111 Å². The highest BCUT2D eigenvalue weighted by Crippen LogP contribution is 2.36. The molecule has 0 saturated heterocycles. The second-order valence-electron chi connectivity index (χ2n) is 23.4. The zero-order valence-electron chi connectivity index (χ0n) is 52.2. The lowest BCUT2D eigenvalue weighted by atomic mass is 10.1. The van der Waals surface area contributed by atoms with E-state index in [9.17, 15) is 0 Å².